The van der Waals surface area contributed by atoms with Crippen LogP contribution >= 0.6 is 0 Å². The van der Waals surface area contributed by atoms with Gasteiger partial charge in [0.1, 0.15) is 0 Å². The van der Waals surface area contributed by atoms with Gasteiger partial charge in [-0.1, -0.05) is 6.08 Å². The molecule has 1 aromatic heterocycles. The lowest BCUT2D eigenvalue weighted by Crippen LogP contribution is -2.19. The predicted molar refractivity (Wildman–Crippen MR) is 50.0 cm³/mol. The van der Waals surface area contributed by atoms with Gasteiger partial charge in [-0.05, 0) is 25.0 Å². The van der Waals surface area contributed by atoms with Crippen molar-refractivity contribution in [3.8, 4) is 0 Å². The lowest BCUT2D eigenvalue weighted by molar-refractivity contribution is 0.785. The molecule has 1 aliphatic heterocycles. The number of pyridine rings is 1. The fourth-order valence-electron chi connectivity index (χ4n) is 1.39. The normalized spacial score (nSPS) is 16.5. The van der Waals surface area contributed by atoms with E-state index in [0.717, 1.165) is 6.54 Å². The summed E-state index contributed by atoms with van der Waals surface area (Å²) in [6.07, 6.45) is 10.5. The third-order valence-corrected chi connectivity index (χ3v) is 2.03. The van der Waals surface area contributed by atoms with Crippen molar-refractivity contribution in [2.45, 2.75) is 12.8 Å². The van der Waals surface area contributed by atoms with Crippen molar-refractivity contribution in [1.29, 1.82) is 0 Å². The Hall–Kier alpha value is -1.31. The third kappa shape index (κ3) is 1.47. The van der Waals surface area contributed by atoms with Gasteiger partial charge in [-0.25, -0.2) is 0 Å². The summed E-state index contributed by atoms with van der Waals surface area (Å²) in [5, 5.41) is 0. The van der Waals surface area contributed by atoms with Crippen LogP contribution in [0, 0.1) is 0 Å². The second kappa shape index (κ2) is 3.39. The molecule has 12 heavy (non-hydrogen) atoms. The summed E-state index contributed by atoms with van der Waals surface area (Å²) >= 11 is 0. The molecule has 0 unspecified atom stereocenters. The van der Waals surface area contributed by atoms with Crippen molar-refractivity contribution in [2.24, 2.45) is 0 Å². The molecule has 2 nitrogen and oxygen atoms in total. The first-order valence-corrected chi connectivity index (χ1v) is 4.30. The maximum atomic E-state index is 4.08. The largest absolute Gasteiger partial charge is 0.347 e. The summed E-state index contributed by atoms with van der Waals surface area (Å²) < 4.78 is 0. The minimum absolute atomic E-state index is 1.11. The van der Waals surface area contributed by atoms with Crippen LogP contribution in [0.1, 0.15) is 12.8 Å². The Morgan fingerprint density at radius 3 is 3.08 bits per heavy atom. The summed E-state index contributed by atoms with van der Waals surface area (Å²) in [6.45, 7) is 1.11. The highest BCUT2D eigenvalue weighted by molar-refractivity contribution is 5.47. The van der Waals surface area contributed by atoms with Gasteiger partial charge in [-0.3, -0.25) is 4.98 Å². The van der Waals surface area contributed by atoms with Crippen molar-refractivity contribution in [3.63, 3.8) is 0 Å². The zero-order valence-electron chi connectivity index (χ0n) is 6.98. The molecule has 0 radical (unpaired) electrons. The van der Waals surface area contributed by atoms with Crippen LogP contribution in [0.5, 0.6) is 0 Å². The minimum atomic E-state index is 1.11. The van der Waals surface area contributed by atoms with E-state index in [-0.39, 0.29) is 0 Å². The van der Waals surface area contributed by atoms with Gasteiger partial charge in [0, 0.05) is 18.9 Å². The van der Waals surface area contributed by atoms with Crippen molar-refractivity contribution in [1.82, 2.24) is 4.98 Å². The quantitative estimate of drug-likeness (QED) is 0.626. The molecule has 0 bridgehead atoms. The van der Waals surface area contributed by atoms with Crippen LogP contribution < -0.4 is 4.90 Å². The zero-order valence-corrected chi connectivity index (χ0v) is 6.98. The first-order valence-electron chi connectivity index (χ1n) is 4.30. The van der Waals surface area contributed by atoms with Crippen molar-refractivity contribution >= 4 is 5.69 Å². The van der Waals surface area contributed by atoms with Crippen LogP contribution in [0.15, 0.2) is 36.8 Å². The molecule has 0 amide bonds. The number of nitrogens with zero attached hydrogens (tertiary/aromatic N) is 2. The molecule has 0 fully saturated rings. The van der Waals surface area contributed by atoms with Crippen LogP contribution in [0.2, 0.25) is 0 Å². The van der Waals surface area contributed by atoms with Gasteiger partial charge in [-0.2, -0.15) is 0 Å². The Kier molecular flexibility index (Phi) is 2.08. The molecule has 2 rings (SSSR count). The van der Waals surface area contributed by atoms with Gasteiger partial charge in [0.25, 0.3) is 0 Å². The highest BCUT2D eigenvalue weighted by Gasteiger charge is 2.04. The molecular formula is C10H12N2. The average molecular weight is 160 g/mol. The van der Waals surface area contributed by atoms with Gasteiger partial charge in [-0.15, -0.1) is 0 Å². The fourth-order valence-corrected chi connectivity index (χ4v) is 1.39. The Morgan fingerprint density at radius 1 is 1.42 bits per heavy atom. The first-order chi connectivity index (χ1) is 5.97. The summed E-state index contributed by atoms with van der Waals surface area (Å²) in [6, 6.07) is 4.06. The van der Waals surface area contributed by atoms with E-state index in [1.54, 1.807) is 6.20 Å². The van der Waals surface area contributed by atoms with E-state index in [4.69, 9.17) is 0 Å². The molecule has 0 aromatic carbocycles. The summed E-state index contributed by atoms with van der Waals surface area (Å²) in [4.78, 5) is 6.32. The smallest absolute Gasteiger partial charge is 0.0592 e. The fraction of sp³-hybridized carbons (Fsp3) is 0.300. The molecule has 0 spiro atoms. The Balaban J connectivity index is 2.19. The van der Waals surface area contributed by atoms with E-state index in [1.807, 2.05) is 12.3 Å². The van der Waals surface area contributed by atoms with Crippen molar-refractivity contribution < 1.29 is 0 Å². The van der Waals surface area contributed by atoms with Crippen molar-refractivity contribution in [3.05, 3.63) is 36.8 Å². The third-order valence-electron chi connectivity index (χ3n) is 2.03. The van der Waals surface area contributed by atoms with Gasteiger partial charge in [0.05, 0.1) is 11.9 Å². The Morgan fingerprint density at radius 2 is 2.42 bits per heavy atom. The first kappa shape index (κ1) is 7.35. The van der Waals surface area contributed by atoms with E-state index in [0.29, 0.717) is 0 Å². The number of aromatic nitrogens is 1. The second-order valence-corrected chi connectivity index (χ2v) is 2.93. The van der Waals surface area contributed by atoms with E-state index >= 15 is 0 Å². The molecule has 2 heteroatoms. The Labute approximate surface area is 72.5 Å². The predicted octanol–water partition coefficient (Wildman–Crippen LogP) is 2.20. The monoisotopic (exact) mass is 160 g/mol. The summed E-state index contributed by atoms with van der Waals surface area (Å²) in [5.41, 5.74) is 1.19. The van der Waals surface area contributed by atoms with Crippen LogP contribution in [-0.2, 0) is 0 Å². The number of hydrogen-bond acceptors (Lipinski definition) is 2. The van der Waals surface area contributed by atoms with Crippen LogP contribution in [0.3, 0.4) is 0 Å². The number of anilines is 1. The summed E-state index contributed by atoms with van der Waals surface area (Å²) in [5.74, 6) is 0. The summed E-state index contributed by atoms with van der Waals surface area (Å²) in [7, 11) is 0. The van der Waals surface area contributed by atoms with Gasteiger partial charge < -0.3 is 4.90 Å². The van der Waals surface area contributed by atoms with Gasteiger partial charge >= 0.3 is 0 Å². The highest BCUT2D eigenvalue weighted by Crippen LogP contribution is 2.16. The van der Waals surface area contributed by atoms with E-state index in [2.05, 4.69) is 28.2 Å². The Bertz CT molecular complexity index is 266. The molecule has 0 saturated heterocycles. The molecule has 1 aliphatic rings. The van der Waals surface area contributed by atoms with E-state index in [9.17, 15) is 0 Å². The maximum Gasteiger partial charge on any atom is 0.0592 e. The van der Waals surface area contributed by atoms with Crippen LogP contribution in [-0.4, -0.2) is 11.5 Å². The highest BCUT2D eigenvalue weighted by atomic mass is 15.1. The number of allylic oxidation sites excluding steroid dienone is 1. The van der Waals surface area contributed by atoms with Crippen LogP contribution in [0.25, 0.3) is 0 Å². The van der Waals surface area contributed by atoms with Gasteiger partial charge in [0.2, 0.25) is 0 Å². The average Bonchev–Trinajstić information content (AvgIpc) is 2.21. The van der Waals surface area contributed by atoms with Gasteiger partial charge in [0.15, 0.2) is 0 Å². The molecule has 0 aliphatic carbocycles. The molecule has 62 valence electrons. The van der Waals surface area contributed by atoms with Crippen LogP contribution in [0.4, 0.5) is 5.69 Å². The maximum absolute atomic E-state index is 4.08. The second-order valence-electron chi connectivity index (χ2n) is 2.93. The standard InChI is InChI=1S/C10H12N2/c1-2-7-12(8-3-1)10-5-4-6-11-9-10/h2,4-7,9H,1,3,8H2. The SMILES string of the molecule is C1=CN(c2cccnc2)CCC1. The molecule has 0 N–H and O–H groups in total. The van der Waals surface area contributed by atoms with E-state index in [1.165, 1.54) is 18.5 Å². The number of rotatable bonds is 1. The lowest BCUT2D eigenvalue weighted by Gasteiger charge is -2.22. The number of hydrogen-bond donors (Lipinski definition) is 0. The lowest BCUT2D eigenvalue weighted by atomic mass is 10.2. The zero-order chi connectivity index (χ0) is 8.23. The van der Waals surface area contributed by atoms with E-state index < -0.39 is 0 Å². The molecule has 0 saturated carbocycles. The molecule has 2 heterocycles. The van der Waals surface area contributed by atoms with Crippen molar-refractivity contribution in [2.75, 3.05) is 11.4 Å². The minimum Gasteiger partial charge on any atom is -0.347 e. The molecule has 0 atom stereocenters. The molecular weight excluding hydrogens is 148 g/mol. The topological polar surface area (TPSA) is 16.1 Å². The molecule has 1 aromatic rings.